The fourth-order valence-corrected chi connectivity index (χ4v) is 6.07. The van der Waals surface area contributed by atoms with E-state index in [4.69, 9.17) is 11.4 Å². The van der Waals surface area contributed by atoms with Crippen LogP contribution in [-0.2, 0) is 17.6 Å². The summed E-state index contributed by atoms with van der Waals surface area (Å²) in [4.78, 5) is 32.7. The monoisotopic (exact) mass is 437 g/mol. The lowest BCUT2D eigenvalue weighted by Crippen LogP contribution is -2.27. The highest BCUT2D eigenvalue weighted by atomic mass is 32.2. The van der Waals surface area contributed by atoms with E-state index in [1.165, 1.54) is 22.2 Å². The highest BCUT2D eigenvalue weighted by molar-refractivity contribution is 7.99. The molecule has 3 aromatic rings. The van der Waals surface area contributed by atoms with Gasteiger partial charge in [-0.3, -0.25) is 14.2 Å². The number of amides is 1. The largest absolute Gasteiger partial charge is 0.344 e. The van der Waals surface area contributed by atoms with Crippen LogP contribution in [0, 0.1) is 26.2 Å². The molecule has 2 aromatic heterocycles. The Labute approximate surface area is 183 Å². The average Bonchev–Trinajstić information content (AvgIpc) is 3.08. The van der Waals surface area contributed by atoms with Gasteiger partial charge in [0.05, 0.1) is 23.4 Å². The molecule has 7 heteroatoms. The van der Waals surface area contributed by atoms with Gasteiger partial charge in [-0.15, -0.1) is 17.8 Å². The van der Waals surface area contributed by atoms with Crippen molar-refractivity contribution in [1.82, 2.24) is 14.9 Å². The summed E-state index contributed by atoms with van der Waals surface area (Å²) in [5.74, 6) is 2.37. The fourth-order valence-electron chi connectivity index (χ4n) is 3.92. The predicted octanol–water partition coefficient (Wildman–Crippen LogP) is 3.78. The summed E-state index contributed by atoms with van der Waals surface area (Å²) < 4.78 is 1.67. The maximum Gasteiger partial charge on any atom is 0.267 e. The van der Waals surface area contributed by atoms with E-state index in [0.29, 0.717) is 5.16 Å². The van der Waals surface area contributed by atoms with Gasteiger partial charge in [-0.05, 0) is 68.4 Å². The van der Waals surface area contributed by atoms with Crippen molar-refractivity contribution < 1.29 is 4.79 Å². The minimum absolute atomic E-state index is 0.0454. The van der Waals surface area contributed by atoms with Crippen molar-refractivity contribution in [2.24, 2.45) is 0 Å². The second kappa shape index (κ2) is 8.66. The van der Waals surface area contributed by atoms with Crippen molar-refractivity contribution in [3.63, 3.8) is 0 Å². The zero-order valence-corrected chi connectivity index (χ0v) is 18.7. The number of nitrogens with one attached hydrogen (secondary N) is 1. The molecule has 0 aliphatic heterocycles. The number of carbonyl (C=O) groups is 1. The minimum Gasteiger partial charge on any atom is -0.344 e. The third-order valence-corrected chi connectivity index (χ3v) is 7.27. The standard InChI is InChI=1S/C23H23N3O2S2/c1-4-9-24-19(27)13-29-23-25-21-20(17-7-5-6-8-18(17)30-21)22(28)26(23)16-11-14(2)10-15(3)12-16/h1,10-12H,5-9,13H2,2-3H3,(H,24,27). The molecule has 1 aliphatic rings. The van der Waals surface area contributed by atoms with E-state index in [2.05, 4.69) is 17.3 Å². The molecular weight excluding hydrogens is 414 g/mol. The lowest BCUT2D eigenvalue weighted by Gasteiger charge is -2.14. The molecule has 0 fully saturated rings. The van der Waals surface area contributed by atoms with Crippen LogP contribution in [0.25, 0.3) is 15.9 Å². The van der Waals surface area contributed by atoms with E-state index >= 15 is 0 Å². The normalized spacial score (nSPS) is 13.1. The number of thiophene rings is 1. The smallest absolute Gasteiger partial charge is 0.267 e. The summed E-state index contributed by atoms with van der Waals surface area (Å²) in [7, 11) is 0. The van der Waals surface area contributed by atoms with Crippen molar-refractivity contribution in [3.05, 3.63) is 50.1 Å². The van der Waals surface area contributed by atoms with Crippen LogP contribution in [0.2, 0.25) is 0 Å². The Morgan fingerprint density at radius 1 is 1.27 bits per heavy atom. The van der Waals surface area contributed by atoms with Gasteiger partial charge in [-0.25, -0.2) is 4.98 Å². The van der Waals surface area contributed by atoms with E-state index in [1.54, 1.807) is 15.9 Å². The van der Waals surface area contributed by atoms with Crippen LogP contribution in [0.15, 0.2) is 28.2 Å². The summed E-state index contributed by atoms with van der Waals surface area (Å²) in [6.45, 7) is 4.22. The number of hydrogen-bond acceptors (Lipinski definition) is 5. The molecule has 4 rings (SSSR count). The number of aromatic nitrogens is 2. The van der Waals surface area contributed by atoms with Crippen LogP contribution in [0.3, 0.4) is 0 Å². The van der Waals surface area contributed by atoms with Crippen LogP contribution >= 0.6 is 23.1 Å². The van der Waals surface area contributed by atoms with Crippen molar-refractivity contribution in [2.75, 3.05) is 12.3 Å². The number of aryl methyl sites for hydroxylation is 4. The Morgan fingerprint density at radius 2 is 2.00 bits per heavy atom. The van der Waals surface area contributed by atoms with Crippen LogP contribution in [0.4, 0.5) is 0 Å². The Kier molecular flexibility index (Phi) is 5.98. The molecule has 0 unspecified atom stereocenters. The Balaban J connectivity index is 1.87. The van der Waals surface area contributed by atoms with Gasteiger partial charge < -0.3 is 5.32 Å². The molecule has 1 N–H and O–H groups in total. The summed E-state index contributed by atoms with van der Waals surface area (Å²) in [6.07, 6.45) is 9.42. The van der Waals surface area contributed by atoms with Crippen molar-refractivity contribution in [2.45, 2.75) is 44.7 Å². The molecule has 0 radical (unpaired) electrons. The molecule has 0 bridgehead atoms. The molecule has 154 valence electrons. The van der Waals surface area contributed by atoms with Crippen LogP contribution in [-0.4, -0.2) is 27.8 Å². The average molecular weight is 438 g/mol. The van der Waals surface area contributed by atoms with Crippen molar-refractivity contribution >= 4 is 39.2 Å². The van der Waals surface area contributed by atoms with Gasteiger partial charge in [-0.1, -0.05) is 23.7 Å². The van der Waals surface area contributed by atoms with Gasteiger partial charge in [0.2, 0.25) is 5.91 Å². The maximum atomic E-state index is 13.7. The number of benzene rings is 1. The zero-order chi connectivity index (χ0) is 21.3. The van der Waals surface area contributed by atoms with Crippen molar-refractivity contribution in [1.29, 1.82) is 0 Å². The third kappa shape index (κ3) is 4.03. The highest BCUT2D eigenvalue weighted by Gasteiger charge is 2.23. The fraction of sp³-hybridized carbons (Fsp3) is 0.348. The summed E-state index contributed by atoms with van der Waals surface area (Å²) in [5.41, 5.74) is 4.06. The molecule has 0 spiro atoms. The van der Waals surface area contributed by atoms with Gasteiger partial charge in [0, 0.05) is 4.88 Å². The highest BCUT2D eigenvalue weighted by Crippen LogP contribution is 2.35. The van der Waals surface area contributed by atoms with Gasteiger partial charge in [0.25, 0.3) is 5.56 Å². The van der Waals surface area contributed by atoms with Crippen LogP contribution in [0.1, 0.15) is 34.4 Å². The molecular formula is C23H23N3O2S2. The molecule has 0 atom stereocenters. The number of rotatable bonds is 5. The maximum absolute atomic E-state index is 13.7. The van der Waals surface area contributed by atoms with Crippen molar-refractivity contribution in [3.8, 4) is 18.0 Å². The topological polar surface area (TPSA) is 64.0 Å². The first-order valence-corrected chi connectivity index (χ1v) is 11.8. The lowest BCUT2D eigenvalue weighted by molar-refractivity contribution is -0.118. The van der Waals surface area contributed by atoms with Gasteiger partial charge in [-0.2, -0.15) is 0 Å². The first-order chi connectivity index (χ1) is 14.5. The van der Waals surface area contributed by atoms with Crippen LogP contribution in [0.5, 0.6) is 0 Å². The quantitative estimate of drug-likeness (QED) is 0.375. The van der Waals surface area contributed by atoms with E-state index in [1.807, 2.05) is 26.0 Å². The number of hydrogen-bond donors (Lipinski definition) is 1. The molecule has 1 aliphatic carbocycles. The van der Waals surface area contributed by atoms with E-state index in [-0.39, 0.29) is 23.8 Å². The lowest BCUT2D eigenvalue weighted by atomic mass is 9.97. The van der Waals surface area contributed by atoms with Crippen LogP contribution < -0.4 is 10.9 Å². The van der Waals surface area contributed by atoms with Gasteiger partial charge >= 0.3 is 0 Å². The molecule has 2 heterocycles. The molecule has 30 heavy (non-hydrogen) atoms. The number of fused-ring (bicyclic) bond motifs is 3. The second-order valence-electron chi connectivity index (χ2n) is 7.54. The first-order valence-electron chi connectivity index (χ1n) is 9.97. The first kappa shape index (κ1) is 20.7. The summed E-state index contributed by atoms with van der Waals surface area (Å²) in [5, 5.41) is 3.94. The van der Waals surface area contributed by atoms with Gasteiger partial charge in [0.15, 0.2) is 5.16 Å². The number of thioether (sulfide) groups is 1. The molecule has 0 saturated carbocycles. The number of nitrogens with zero attached hydrogens (tertiary/aromatic N) is 2. The molecule has 1 amide bonds. The Hall–Kier alpha value is -2.56. The van der Waals surface area contributed by atoms with E-state index in [0.717, 1.165) is 52.7 Å². The molecule has 0 saturated heterocycles. The predicted molar refractivity (Wildman–Crippen MR) is 124 cm³/mol. The number of carbonyl (C=O) groups excluding carboxylic acids is 1. The number of terminal acetylenes is 1. The third-order valence-electron chi connectivity index (χ3n) is 5.14. The Morgan fingerprint density at radius 3 is 2.73 bits per heavy atom. The zero-order valence-electron chi connectivity index (χ0n) is 17.1. The SMILES string of the molecule is C#CCNC(=O)CSc1nc2sc3c(c2c(=O)n1-c1cc(C)cc(C)c1)CCCC3. The van der Waals surface area contributed by atoms with Gasteiger partial charge in [0.1, 0.15) is 4.83 Å². The Bertz CT molecular complexity index is 1210. The van der Waals surface area contributed by atoms with E-state index in [9.17, 15) is 9.59 Å². The molecule has 1 aromatic carbocycles. The molecule has 5 nitrogen and oxygen atoms in total. The second-order valence-corrected chi connectivity index (χ2v) is 9.57. The van der Waals surface area contributed by atoms with E-state index < -0.39 is 0 Å². The summed E-state index contributed by atoms with van der Waals surface area (Å²) in [6, 6.07) is 6.06. The minimum atomic E-state index is -0.176. The summed E-state index contributed by atoms with van der Waals surface area (Å²) >= 11 is 2.89.